The van der Waals surface area contributed by atoms with Crippen LogP contribution in [0.1, 0.15) is 26.7 Å². The van der Waals surface area contributed by atoms with Crippen molar-refractivity contribution in [2.75, 3.05) is 6.54 Å². The molecule has 4 atom stereocenters. The van der Waals surface area contributed by atoms with E-state index >= 15 is 0 Å². The summed E-state index contributed by atoms with van der Waals surface area (Å²) in [4.78, 5) is 31.1. The largest absolute Gasteiger partial charge is 0.418 e. The maximum atomic E-state index is 12.4. The van der Waals surface area contributed by atoms with Gasteiger partial charge in [-0.2, -0.15) is 13.5 Å². The third-order valence-corrected chi connectivity index (χ3v) is 5.00. The molecular weight excluding hydrogens is 344 g/mol. The number of rotatable bonds is 5. The first-order valence-corrected chi connectivity index (χ1v) is 8.84. The van der Waals surface area contributed by atoms with Gasteiger partial charge >= 0.3 is 16.4 Å². The van der Waals surface area contributed by atoms with Crippen LogP contribution in [0.25, 0.3) is 0 Å². The molecule has 136 valence electrons. The molecule has 0 aromatic rings. The van der Waals surface area contributed by atoms with Crippen molar-refractivity contribution in [1.82, 2.24) is 15.4 Å². The van der Waals surface area contributed by atoms with E-state index in [9.17, 15) is 18.0 Å². The normalized spacial score (nSPS) is 34.4. The second-order valence-corrected chi connectivity index (χ2v) is 8.01. The summed E-state index contributed by atoms with van der Waals surface area (Å²) in [5.74, 6) is -0.511. The number of urea groups is 1. The minimum Gasteiger partial charge on any atom is -0.325 e. The molecule has 1 aliphatic carbocycles. The molecule has 1 saturated carbocycles. The summed E-state index contributed by atoms with van der Waals surface area (Å²) in [6.07, 6.45) is 0.699. The van der Waals surface area contributed by atoms with Gasteiger partial charge in [-0.05, 0) is 18.3 Å². The van der Waals surface area contributed by atoms with E-state index in [4.69, 9.17) is 15.1 Å². The number of nitrogens with zero attached hydrogens (tertiary/aromatic N) is 2. The van der Waals surface area contributed by atoms with Crippen LogP contribution in [0, 0.1) is 5.41 Å². The Bertz CT molecular complexity index is 666. The van der Waals surface area contributed by atoms with E-state index in [-0.39, 0.29) is 25.1 Å². The van der Waals surface area contributed by atoms with Crippen molar-refractivity contribution in [2.45, 2.75) is 50.9 Å². The molecule has 2 saturated heterocycles. The lowest BCUT2D eigenvalue weighted by atomic mass is 9.76. The number of nitrogens with two attached hydrogens (primary N) is 1. The molecule has 12 heteroatoms. The Morgan fingerprint density at radius 3 is 2.62 bits per heavy atom. The standard InChI is InChI=1S/C12H20N4O7S/c1-12(2)4-7(10(17)14-22-8-3-6(8)13)15-5-9(12)16(11(15)18)23-24(19,20)21/h6-9H,3-5,13H2,1-2H3,(H,14,17)(H,19,20,21)/t6?,7-,8?,9-/m0/s1. The average molecular weight is 364 g/mol. The summed E-state index contributed by atoms with van der Waals surface area (Å²) < 4.78 is 35.2. The highest BCUT2D eigenvalue weighted by molar-refractivity contribution is 7.80. The summed E-state index contributed by atoms with van der Waals surface area (Å²) >= 11 is 0. The van der Waals surface area contributed by atoms with Crippen LogP contribution in [-0.2, 0) is 24.3 Å². The Hall–Kier alpha value is -1.47. The van der Waals surface area contributed by atoms with Gasteiger partial charge in [0.15, 0.2) is 0 Å². The van der Waals surface area contributed by atoms with Crippen molar-refractivity contribution >= 4 is 22.3 Å². The van der Waals surface area contributed by atoms with E-state index in [1.807, 2.05) is 0 Å². The molecule has 3 fully saturated rings. The second-order valence-electron chi connectivity index (χ2n) is 7.01. The lowest BCUT2D eigenvalue weighted by Crippen LogP contribution is -2.54. The molecule has 2 heterocycles. The van der Waals surface area contributed by atoms with Gasteiger partial charge in [0.1, 0.15) is 12.1 Å². The highest BCUT2D eigenvalue weighted by atomic mass is 32.3. The quantitative estimate of drug-likeness (QED) is 0.405. The number of carbonyl (C=O) groups is 2. The number of piperidine rings is 1. The van der Waals surface area contributed by atoms with Gasteiger partial charge in [0, 0.05) is 12.6 Å². The lowest BCUT2D eigenvalue weighted by molar-refractivity contribution is -0.142. The van der Waals surface area contributed by atoms with Gasteiger partial charge in [0.2, 0.25) is 0 Å². The van der Waals surface area contributed by atoms with Crippen LogP contribution in [0.3, 0.4) is 0 Å². The summed E-state index contributed by atoms with van der Waals surface area (Å²) in [5.41, 5.74) is 7.28. The Labute approximate surface area is 138 Å². The number of amides is 3. The molecule has 3 rings (SSSR count). The van der Waals surface area contributed by atoms with Crippen LogP contribution in [0.15, 0.2) is 0 Å². The van der Waals surface area contributed by atoms with E-state index < -0.39 is 39.8 Å². The van der Waals surface area contributed by atoms with E-state index in [0.29, 0.717) is 11.5 Å². The van der Waals surface area contributed by atoms with Crippen molar-refractivity contribution in [1.29, 1.82) is 0 Å². The summed E-state index contributed by atoms with van der Waals surface area (Å²) in [6.45, 7) is 3.67. The van der Waals surface area contributed by atoms with Gasteiger partial charge in [-0.15, -0.1) is 4.28 Å². The van der Waals surface area contributed by atoms with Crippen molar-refractivity contribution in [2.24, 2.45) is 11.1 Å². The van der Waals surface area contributed by atoms with Gasteiger partial charge in [0.05, 0.1) is 6.04 Å². The highest BCUT2D eigenvalue weighted by Gasteiger charge is 2.57. The Balaban J connectivity index is 1.74. The second kappa shape index (κ2) is 5.52. The molecule has 3 aliphatic rings. The molecule has 3 amide bonds. The van der Waals surface area contributed by atoms with Crippen LogP contribution in [0.2, 0.25) is 0 Å². The van der Waals surface area contributed by atoms with Gasteiger partial charge < -0.3 is 10.6 Å². The molecule has 0 spiro atoms. The van der Waals surface area contributed by atoms with E-state index in [2.05, 4.69) is 9.76 Å². The van der Waals surface area contributed by atoms with Crippen molar-refractivity contribution in [3.05, 3.63) is 0 Å². The number of hydroxylamine groups is 3. The molecular formula is C12H20N4O7S. The van der Waals surface area contributed by atoms with Crippen molar-refractivity contribution < 1.29 is 31.7 Å². The first-order chi connectivity index (χ1) is 11.0. The maximum Gasteiger partial charge on any atom is 0.418 e. The monoisotopic (exact) mass is 364 g/mol. The lowest BCUT2D eigenvalue weighted by Gasteiger charge is -2.40. The maximum absolute atomic E-state index is 12.4. The van der Waals surface area contributed by atoms with Gasteiger partial charge in [-0.3, -0.25) is 14.2 Å². The Morgan fingerprint density at radius 2 is 2.08 bits per heavy atom. The minimum absolute atomic E-state index is 0.0996. The van der Waals surface area contributed by atoms with Crippen molar-refractivity contribution in [3.63, 3.8) is 0 Å². The highest BCUT2D eigenvalue weighted by Crippen LogP contribution is 2.42. The molecule has 24 heavy (non-hydrogen) atoms. The SMILES string of the molecule is CC1(C)C[C@@H](C(=O)NOC2CC2N)N2C[C@@H]1N(OS(=O)(=O)O)C2=O. The molecule has 0 aromatic heterocycles. The van der Waals surface area contributed by atoms with Gasteiger partial charge in [-0.25, -0.2) is 10.3 Å². The summed E-state index contributed by atoms with van der Waals surface area (Å²) in [7, 11) is -4.85. The molecule has 0 radical (unpaired) electrons. The minimum atomic E-state index is -4.85. The average Bonchev–Trinajstić information content (AvgIpc) is 3.07. The zero-order chi connectivity index (χ0) is 17.9. The Kier molecular flexibility index (Phi) is 3.99. The first kappa shape index (κ1) is 17.4. The van der Waals surface area contributed by atoms with Crippen LogP contribution in [0.5, 0.6) is 0 Å². The molecule has 2 aliphatic heterocycles. The Morgan fingerprint density at radius 1 is 1.46 bits per heavy atom. The number of carbonyl (C=O) groups excluding carboxylic acids is 2. The van der Waals surface area contributed by atoms with E-state index in [1.165, 1.54) is 4.90 Å². The first-order valence-electron chi connectivity index (χ1n) is 7.47. The molecule has 11 nitrogen and oxygen atoms in total. The number of nitrogens with one attached hydrogen (secondary N) is 1. The van der Waals surface area contributed by atoms with Crippen LogP contribution in [-0.4, -0.2) is 65.6 Å². The number of hydrogen-bond acceptors (Lipinski definition) is 7. The third-order valence-electron chi connectivity index (χ3n) is 4.65. The molecule has 2 bridgehead atoms. The van der Waals surface area contributed by atoms with Crippen LogP contribution >= 0.6 is 0 Å². The summed E-state index contributed by atoms with van der Waals surface area (Å²) in [6, 6.07) is -2.36. The fourth-order valence-electron chi connectivity index (χ4n) is 3.11. The molecule has 0 aromatic carbocycles. The van der Waals surface area contributed by atoms with Crippen LogP contribution < -0.4 is 11.2 Å². The smallest absolute Gasteiger partial charge is 0.325 e. The van der Waals surface area contributed by atoms with Crippen LogP contribution in [0.4, 0.5) is 4.79 Å². The number of fused-ring (bicyclic) bond motifs is 2. The predicted molar refractivity (Wildman–Crippen MR) is 78.2 cm³/mol. The van der Waals surface area contributed by atoms with Crippen molar-refractivity contribution in [3.8, 4) is 0 Å². The van der Waals surface area contributed by atoms with E-state index in [0.717, 1.165) is 0 Å². The third kappa shape index (κ3) is 3.19. The zero-order valence-electron chi connectivity index (χ0n) is 13.2. The predicted octanol–water partition coefficient (Wildman–Crippen LogP) is -1.23. The number of hydrogen-bond donors (Lipinski definition) is 3. The topological polar surface area (TPSA) is 151 Å². The van der Waals surface area contributed by atoms with Gasteiger partial charge in [0.25, 0.3) is 5.91 Å². The molecule has 4 N–H and O–H groups in total. The van der Waals surface area contributed by atoms with E-state index in [1.54, 1.807) is 13.8 Å². The molecule has 2 unspecified atom stereocenters. The zero-order valence-corrected chi connectivity index (χ0v) is 14.0. The fraction of sp³-hybridized carbons (Fsp3) is 0.833. The fourth-order valence-corrected chi connectivity index (χ4v) is 3.49. The van der Waals surface area contributed by atoms with Gasteiger partial charge in [-0.1, -0.05) is 13.8 Å². The summed E-state index contributed by atoms with van der Waals surface area (Å²) in [5, 5.41) is 0.611.